The molecule has 1 N–H and O–H groups in total. The Labute approximate surface area is 387 Å². The van der Waals surface area contributed by atoms with Gasteiger partial charge in [0.05, 0.1) is 22.4 Å². The quantitative estimate of drug-likeness (QED) is 0.152. The molecule has 1 amide bonds. The van der Waals surface area contributed by atoms with E-state index in [9.17, 15) is 4.79 Å². The van der Waals surface area contributed by atoms with Crippen molar-refractivity contribution in [3.63, 3.8) is 0 Å². The van der Waals surface area contributed by atoms with Gasteiger partial charge in [-0.25, -0.2) is 22.7 Å². The van der Waals surface area contributed by atoms with Crippen LogP contribution in [0.1, 0.15) is 17.5 Å². The van der Waals surface area contributed by atoms with E-state index in [2.05, 4.69) is 105 Å². The Morgan fingerprint density at radius 2 is 1.08 bits per heavy atom. The summed E-state index contributed by atoms with van der Waals surface area (Å²) in [7, 11) is 0. The summed E-state index contributed by atoms with van der Waals surface area (Å²) in [5, 5.41) is 7.59. The SMILES string of the molecule is O=C(CCc1cccnc1)NCc1ccc(-c2ccccn2)nc1.[Ir].[c-]1c(-c2ccc3ccccc3n2)sc2ccccc12.[c-]1c(-c2ccc3ccccc3n2)sc2ccccc12. The Bertz CT molecular complexity index is 3010. The molecule has 0 aliphatic heterocycles. The van der Waals surface area contributed by atoms with E-state index < -0.39 is 0 Å². The van der Waals surface area contributed by atoms with E-state index in [1.165, 1.54) is 20.2 Å². The number of para-hydroxylation sites is 2. The molecular formula is C53H38IrN6OS2-2. The Morgan fingerprint density at radius 3 is 1.63 bits per heavy atom. The van der Waals surface area contributed by atoms with Crippen molar-refractivity contribution in [1.29, 1.82) is 0 Å². The van der Waals surface area contributed by atoms with E-state index in [4.69, 9.17) is 9.97 Å². The van der Waals surface area contributed by atoms with Crippen LogP contribution in [0.3, 0.4) is 0 Å². The van der Waals surface area contributed by atoms with Crippen LogP contribution in [0, 0.1) is 12.1 Å². The molecule has 0 saturated heterocycles. The van der Waals surface area contributed by atoms with E-state index in [0.29, 0.717) is 19.4 Å². The van der Waals surface area contributed by atoms with Gasteiger partial charge < -0.3 is 5.32 Å². The van der Waals surface area contributed by atoms with Gasteiger partial charge in [0, 0.05) is 69.2 Å². The van der Waals surface area contributed by atoms with Crippen LogP contribution < -0.4 is 5.32 Å². The zero-order valence-corrected chi connectivity index (χ0v) is 37.8. The molecular weight excluding hydrogens is 993 g/mol. The van der Waals surface area contributed by atoms with Crippen molar-refractivity contribution in [3.8, 4) is 32.5 Å². The number of nitrogens with zero attached hydrogens (tertiary/aromatic N) is 5. The van der Waals surface area contributed by atoms with Gasteiger partial charge in [-0.05, 0) is 83.9 Å². The fraction of sp³-hybridized carbons (Fsp3) is 0.0566. The number of pyridine rings is 5. The van der Waals surface area contributed by atoms with Crippen molar-refractivity contribution in [3.05, 3.63) is 212 Å². The Hall–Kier alpha value is -6.81. The maximum Gasteiger partial charge on any atom is 0.220 e. The summed E-state index contributed by atoms with van der Waals surface area (Å²) in [6, 6.07) is 61.7. The fourth-order valence-corrected chi connectivity index (χ4v) is 8.69. The molecule has 0 bridgehead atoms. The van der Waals surface area contributed by atoms with E-state index >= 15 is 0 Å². The van der Waals surface area contributed by atoms with E-state index in [-0.39, 0.29) is 26.0 Å². The van der Waals surface area contributed by atoms with Gasteiger partial charge in [-0.2, -0.15) is 0 Å². The average molecular weight is 1030 g/mol. The summed E-state index contributed by atoms with van der Waals surface area (Å²) in [5.74, 6) is 0.0210. The van der Waals surface area contributed by atoms with Crippen LogP contribution in [0.2, 0.25) is 0 Å². The second-order valence-corrected chi connectivity index (χ2v) is 16.4. The third kappa shape index (κ3) is 11.0. The van der Waals surface area contributed by atoms with Gasteiger partial charge >= 0.3 is 0 Å². The van der Waals surface area contributed by atoms with Crippen LogP contribution in [0.5, 0.6) is 0 Å². The van der Waals surface area contributed by atoms with Gasteiger partial charge in [0.25, 0.3) is 0 Å². The molecule has 0 atom stereocenters. The van der Waals surface area contributed by atoms with E-state index in [1.807, 2.05) is 91.0 Å². The first-order chi connectivity index (χ1) is 30.6. The van der Waals surface area contributed by atoms with Crippen LogP contribution in [0.25, 0.3) is 74.5 Å². The number of aromatic nitrogens is 5. The second kappa shape index (κ2) is 20.8. The van der Waals surface area contributed by atoms with Crippen molar-refractivity contribution in [1.82, 2.24) is 30.2 Å². The van der Waals surface area contributed by atoms with Crippen molar-refractivity contribution < 1.29 is 24.9 Å². The molecule has 0 saturated carbocycles. The number of carbonyl (C=O) groups is 1. The van der Waals surface area contributed by atoms with Crippen LogP contribution in [-0.2, 0) is 37.9 Å². The molecule has 7 heterocycles. The molecule has 1 radical (unpaired) electrons. The van der Waals surface area contributed by atoms with Gasteiger partial charge in [0.1, 0.15) is 0 Å². The number of thiophene rings is 2. The van der Waals surface area contributed by atoms with Crippen molar-refractivity contribution in [2.75, 3.05) is 0 Å². The minimum Gasteiger partial charge on any atom is -0.352 e. The van der Waals surface area contributed by atoms with Crippen LogP contribution in [0.15, 0.2) is 189 Å². The van der Waals surface area contributed by atoms with Crippen molar-refractivity contribution in [2.24, 2.45) is 0 Å². The minimum absolute atomic E-state index is 0. The van der Waals surface area contributed by atoms with Crippen LogP contribution in [0.4, 0.5) is 0 Å². The van der Waals surface area contributed by atoms with Crippen LogP contribution in [-0.4, -0.2) is 30.8 Å². The molecule has 63 heavy (non-hydrogen) atoms. The molecule has 4 aromatic carbocycles. The monoisotopic (exact) mass is 1030 g/mol. The maximum absolute atomic E-state index is 11.9. The first kappa shape index (κ1) is 42.9. The van der Waals surface area contributed by atoms with Gasteiger partial charge in [-0.15, -0.1) is 47.2 Å². The summed E-state index contributed by atoms with van der Waals surface area (Å²) in [5.41, 5.74) is 7.75. The number of amides is 1. The molecule has 0 aliphatic rings. The number of rotatable bonds is 8. The van der Waals surface area contributed by atoms with E-state index in [0.717, 1.165) is 65.5 Å². The molecule has 0 unspecified atom stereocenters. The van der Waals surface area contributed by atoms with Crippen LogP contribution >= 0.6 is 22.7 Å². The number of fused-ring (bicyclic) bond motifs is 4. The first-order valence-corrected chi connectivity index (χ1v) is 21.8. The first-order valence-electron chi connectivity index (χ1n) is 20.2. The zero-order valence-electron chi connectivity index (χ0n) is 33.8. The molecule has 0 spiro atoms. The molecule has 11 rings (SSSR count). The third-order valence-corrected chi connectivity index (χ3v) is 12.1. The number of hydrogen-bond donors (Lipinski definition) is 1. The average Bonchev–Trinajstić information content (AvgIpc) is 3.99. The zero-order chi connectivity index (χ0) is 41.9. The predicted octanol–water partition coefficient (Wildman–Crippen LogP) is 12.6. The topological polar surface area (TPSA) is 93.6 Å². The number of aryl methyl sites for hydroxylation is 1. The molecule has 7 nitrogen and oxygen atoms in total. The molecule has 309 valence electrons. The van der Waals surface area contributed by atoms with Gasteiger partial charge in [0.15, 0.2) is 0 Å². The Kier molecular flexibility index (Phi) is 14.2. The number of benzene rings is 4. The minimum atomic E-state index is 0. The van der Waals surface area contributed by atoms with Crippen molar-refractivity contribution >= 4 is 70.6 Å². The summed E-state index contributed by atoms with van der Waals surface area (Å²) in [4.78, 5) is 36.3. The second-order valence-electron chi connectivity index (χ2n) is 14.3. The predicted molar refractivity (Wildman–Crippen MR) is 255 cm³/mol. The maximum atomic E-state index is 11.9. The van der Waals surface area contributed by atoms with Gasteiger partial charge in [0.2, 0.25) is 5.91 Å². The Morgan fingerprint density at radius 1 is 0.508 bits per heavy atom. The van der Waals surface area contributed by atoms with Gasteiger partial charge in [-0.3, -0.25) is 29.7 Å². The smallest absolute Gasteiger partial charge is 0.220 e. The number of nitrogens with one attached hydrogen (secondary N) is 1. The van der Waals surface area contributed by atoms with E-state index in [1.54, 1.807) is 47.5 Å². The summed E-state index contributed by atoms with van der Waals surface area (Å²) in [6.07, 6.45) is 8.17. The Balaban J connectivity index is 0.000000130. The summed E-state index contributed by atoms with van der Waals surface area (Å²) >= 11 is 3.48. The van der Waals surface area contributed by atoms with Gasteiger partial charge in [-0.1, -0.05) is 103 Å². The van der Waals surface area contributed by atoms with Crippen molar-refractivity contribution in [2.45, 2.75) is 19.4 Å². The standard InChI is InChI=1S/C19H18N4O.2C17H10NS.Ir/c24-19(9-7-15-4-3-10-20-12-15)23-14-16-6-8-18(22-13-16)17-5-1-2-11-21-17;2*1-3-7-14-12(5-1)9-10-15(18-14)17-11-13-6-2-4-8-16(13)19-17;/h1-6,8,10-13H,7,9,14H2,(H,23,24);2*1-10H;/q;2*-1;. The normalized spacial score (nSPS) is 10.7. The number of carbonyl (C=O) groups excluding carboxylic acids is 1. The number of hydrogen-bond acceptors (Lipinski definition) is 8. The molecule has 7 aromatic heterocycles. The fourth-order valence-electron chi connectivity index (χ4n) is 6.74. The molecule has 10 heteroatoms. The largest absolute Gasteiger partial charge is 0.352 e. The molecule has 11 aromatic rings. The summed E-state index contributed by atoms with van der Waals surface area (Å²) < 4.78 is 2.51. The third-order valence-electron chi connectivity index (χ3n) is 9.96. The molecule has 0 aliphatic carbocycles. The summed E-state index contributed by atoms with van der Waals surface area (Å²) in [6.45, 7) is 0.474. The molecule has 0 fully saturated rings.